The summed E-state index contributed by atoms with van der Waals surface area (Å²) >= 11 is 3.26. The molecule has 0 saturated carbocycles. The Balaban J connectivity index is 2.28. The molecule has 0 spiro atoms. The summed E-state index contributed by atoms with van der Waals surface area (Å²) in [7, 11) is 0. The normalized spacial score (nSPS) is 12.4. The lowest BCUT2D eigenvalue weighted by Crippen LogP contribution is -2.25. The molecule has 2 rings (SSSR count). The Morgan fingerprint density at radius 3 is 2.75 bits per heavy atom. The summed E-state index contributed by atoms with van der Waals surface area (Å²) in [6, 6.07) is 7.33. The van der Waals surface area contributed by atoms with Gasteiger partial charge in [0.05, 0.1) is 11.7 Å². The fourth-order valence-corrected chi connectivity index (χ4v) is 2.64. The third kappa shape index (κ3) is 3.84. The van der Waals surface area contributed by atoms with Crippen LogP contribution in [0, 0.1) is 11.6 Å². The number of aromatic nitrogens is 1. The number of hydrogen-bond acceptors (Lipinski definition) is 2. The molecule has 0 aliphatic carbocycles. The van der Waals surface area contributed by atoms with Gasteiger partial charge in [-0.1, -0.05) is 22.9 Å². The summed E-state index contributed by atoms with van der Waals surface area (Å²) in [4.78, 5) is 4.10. The fraction of sp³-hybridized carbons (Fsp3) is 0.267. The van der Waals surface area contributed by atoms with Gasteiger partial charge in [0.2, 0.25) is 0 Å². The van der Waals surface area contributed by atoms with Crippen molar-refractivity contribution >= 4 is 15.9 Å². The van der Waals surface area contributed by atoms with Crippen molar-refractivity contribution in [3.05, 3.63) is 63.9 Å². The Kier molecular flexibility index (Phi) is 5.20. The minimum Gasteiger partial charge on any atom is -0.309 e. The number of nitrogens with zero attached hydrogens (tertiary/aromatic N) is 1. The monoisotopic (exact) mass is 340 g/mol. The summed E-state index contributed by atoms with van der Waals surface area (Å²) in [5.41, 5.74) is 1.14. The molecule has 1 aromatic carbocycles. The lowest BCUT2D eigenvalue weighted by molar-refractivity contribution is 0.493. The van der Waals surface area contributed by atoms with Gasteiger partial charge >= 0.3 is 0 Å². The predicted molar refractivity (Wildman–Crippen MR) is 78.4 cm³/mol. The van der Waals surface area contributed by atoms with Crippen LogP contribution in [0.3, 0.4) is 0 Å². The SMILES string of the molecule is CCNC(Cc1cc(F)cc(Br)c1)c1ncccc1F. The summed E-state index contributed by atoms with van der Waals surface area (Å²) in [5.74, 6) is -0.667. The molecule has 20 heavy (non-hydrogen) atoms. The molecule has 0 aliphatic heterocycles. The van der Waals surface area contributed by atoms with Crippen molar-refractivity contribution in [1.82, 2.24) is 10.3 Å². The molecule has 1 unspecified atom stereocenters. The van der Waals surface area contributed by atoms with E-state index in [1.165, 1.54) is 18.2 Å². The topological polar surface area (TPSA) is 24.9 Å². The molecule has 1 atom stereocenters. The standard InChI is InChI=1S/C15H15BrF2N2/c1-2-19-14(15-13(18)4-3-5-20-15)8-10-6-11(16)9-12(17)7-10/h3-7,9,14,19H,2,8H2,1H3. The zero-order valence-electron chi connectivity index (χ0n) is 11.0. The molecule has 2 nitrogen and oxygen atoms in total. The minimum atomic E-state index is -0.353. The van der Waals surface area contributed by atoms with E-state index in [0.717, 1.165) is 5.56 Å². The van der Waals surface area contributed by atoms with Crippen molar-refractivity contribution in [2.75, 3.05) is 6.54 Å². The molecule has 1 heterocycles. The van der Waals surface area contributed by atoms with Gasteiger partial charge in [-0.25, -0.2) is 8.78 Å². The molecule has 0 aliphatic rings. The van der Waals surface area contributed by atoms with Crippen LogP contribution in [0.1, 0.15) is 24.2 Å². The maximum atomic E-state index is 13.8. The van der Waals surface area contributed by atoms with Crippen molar-refractivity contribution < 1.29 is 8.78 Å². The van der Waals surface area contributed by atoms with E-state index in [0.29, 0.717) is 23.1 Å². The summed E-state index contributed by atoms with van der Waals surface area (Å²) in [6.07, 6.45) is 2.03. The predicted octanol–water partition coefficient (Wildman–Crippen LogP) is 4.02. The number of rotatable bonds is 5. The van der Waals surface area contributed by atoms with Crippen molar-refractivity contribution in [3.8, 4) is 0 Å². The molecular weight excluding hydrogens is 326 g/mol. The second kappa shape index (κ2) is 6.90. The molecule has 5 heteroatoms. The van der Waals surface area contributed by atoms with Crippen molar-refractivity contribution in [2.45, 2.75) is 19.4 Å². The number of likely N-dealkylation sites (N-methyl/N-ethyl adjacent to an activating group) is 1. The first-order valence-corrected chi connectivity index (χ1v) is 7.18. The molecule has 0 bridgehead atoms. The van der Waals surface area contributed by atoms with Gasteiger partial charge in [0.1, 0.15) is 11.6 Å². The second-order valence-electron chi connectivity index (χ2n) is 4.46. The van der Waals surface area contributed by atoms with Crippen LogP contribution in [-0.2, 0) is 6.42 Å². The van der Waals surface area contributed by atoms with Gasteiger partial charge in [0.15, 0.2) is 0 Å². The van der Waals surface area contributed by atoms with Crippen LogP contribution in [-0.4, -0.2) is 11.5 Å². The Morgan fingerprint density at radius 2 is 2.10 bits per heavy atom. The summed E-state index contributed by atoms with van der Waals surface area (Å²) < 4.78 is 27.9. The van der Waals surface area contributed by atoms with Crippen LogP contribution < -0.4 is 5.32 Å². The highest BCUT2D eigenvalue weighted by atomic mass is 79.9. The first kappa shape index (κ1) is 15.1. The minimum absolute atomic E-state index is 0.283. The third-order valence-corrected chi connectivity index (χ3v) is 3.39. The van der Waals surface area contributed by atoms with E-state index in [9.17, 15) is 8.78 Å². The molecule has 0 amide bonds. The van der Waals surface area contributed by atoms with Gasteiger partial charge in [-0.05, 0) is 48.9 Å². The molecule has 0 radical (unpaired) electrons. The van der Waals surface area contributed by atoms with E-state index in [-0.39, 0.29) is 17.7 Å². The highest BCUT2D eigenvalue weighted by molar-refractivity contribution is 9.10. The Morgan fingerprint density at radius 1 is 1.30 bits per heavy atom. The van der Waals surface area contributed by atoms with E-state index >= 15 is 0 Å². The lowest BCUT2D eigenvalue weighted by Gasteiger charge is -2.18. The van der Waals surface area contributed by atoms with Crippen LogP contribution >= 0.6 is 15.9 Å². The Bertz CT molecular complexity index is 570. The second-order valence-corrected chi connectivity index (χ2v) is 5.38. The maximum absolute atomic E-state index is 13.8. The average molecular weight is 341 g/mol. The van der Waals surface area contributed by atoms with Crippen molar-refractivity contribution in [2.24, 2.45) is 0 Å². The van der Waals surface area contributed by atoms with Gasteiger partial charge in [-0.15, -0.1) is 0 Å². The van der Waals surface area contributed by atoms with E-state index in [4.69, 9.17) is 0 Å². The highest BCUT2D eigenvalue weighted by Gasteiger charge is 2.17. The zero-order chi connectivity index (χ0) is 14.5. The third-order valence-electron chi connectivity index (χ3n) is 2.93. The van der Waals surface area contributed by atoms with E-state index in [1.54, 1.807) is 12.3 Å². The van der Waals surface area contributed by atoms with E-state index < -0.39 is 0 Å². The summed E-state index contributed by atoms with van der Waals surface area (Å²) in [6.45, 7) is 2.62. The smallest absolute Gasteiger partial charge is 0.146 e. The first-order valence-electron chi connectivity index (χ1n) is 6.39. The van der Waals surface area contributed by atoms with Crippen molar-refractivity contribution in [3.63, 3.8) is 0 Å². The molecule has 1 N–H and O–H groups in total. The summed E-state index contributed by atoms with van der Waals surface area (Å²) in [5, 5.41) is 3.19. The molecule has 1 aromatic heterocycles. The van der Waals surface area contributed by atoms with E-state index in [2.05, 4.69) is 26.2 Å². The number of hydrogen-bond donors (Lipinski definition) is 1. The first-order chi connectivity index (χ1) is 9.60. The number of benzene rings is 1. The molecule has 0 fully saturated rings. The fourth-order valence-electron chi connectivity index (χ4n) is 2.13. The molecular formula is C15H15BrF2N2. The van der Waals surface area contributed by atoms with Crippen LogP contribution in [0.15, 0.2) is 41.0 Å². The molecule has 0 saturated heterocycles. The van der Waals surface area contributed by atoms with Gasteiger partial charge in [0.25, 0.3) is 0 Å². The average Bonchev–Trinajstić information content (AvgIpc) is 2.37. The van der Waals surface area contributed by atoms with Gasteiger partial charge in [-0.2, -0.15) is 0 Å². The maximum Gasteiger partial charge on any atom is 0.146 e. The quantitative estimate of drug-likeness (QED) is 0.889. The highest BCUT2D eigenvalue weighted by Crippen LogP contribution is 2.22. The number of pyridine rings is 1. The number of nitrogens with one attached hydrogen (secondary N) is 1. The van der Waals surface area contributed by atoms with Crippen LogP contribution in [0.4, 0.5) is 8.78 Å². The largest absolute Gasteiger partial charge is 0.309 e. The van der Waals surface area contributed by atoms with Crippen LogP contribution in [0.25, 0.3) is 0 Å². The van der Waals surface area contributed by atoms with E-state index in [1.807, 2.05) is 13.0 Å². The Labute approximate surface area is 125 Å². The Hall–Kier alpha value is -1.33. The van der Waals surface area contributed by atoms with Crippen LogP contribution in [0.5, 0.6) is 0 Å². The lowest BCUT2D eigenvalue weighted by atomic mass is 10.0. The van der Waals surface area contributed by atoms with Gasteiger partial charge in [-0.3, -0.25) is 4.98 Å². The van der Waals surface area contributed by atoms with Crippen LogP contribution in [0.2, 0.25) is 0 Å². The van der Waals surface area contributed by atoms with Gasteiger partial charge in [0, 0.05) is 10.7 Å². The zero-order valence-corrected chi connectivity index (χ0v) is 12.6. The molecule has 106 valence electrons. The molecule has 2 aromatic rings. The van der Waals surface area contributed by atoms with Crippen molar-refractivity contribution in [1.29, 1.82) is 0 Å². The van der Waals surface area contributed by atoms with Gasteiger partial charge < -0.3 is 5.32 Å². The number of halogens is 3.